The predicted octanol–water partition coefficient (Wildman–Crippen LogP) is 18.5. The van der Waals surface area contributed by atoms with Gasteiger partial charge in [0.05, 0.1) is 13.2 Å². The van der Waals surface area contributed by atoms with Gasteiger partial charge in [-0.1, -0.05) is 279 Å². The van der Waals surface area contributed by atoms with Gasteiger partial charge in [-0.15, -0.1) is 0 Å². The summed E-state index contributed by atoms with van der Waals surface area (Å²) in [5.74, 6) is -0.919. The normalized spacial score (nSPS) is 13.6. The van der Waals surface area contributed by atoms with E-state index in [1.165, 1.54) is 180 Å². The van der Waals surface area contributed by atoms with Gasteiger partial charge in [0.1, 0.15) is 6.61 Å². The van der Waals surface area contributed by atoms with Crippen LogP contribution in [0.5, 0.6) is 0 Å². The van der Waals surface area contributed by atoms with Crippen molar-refractivity contribution in [3.8, 4) is 0 Å². The molecule has 0 rings (SSSR count). The third-order valence-corrected chi connectivity index (χ3v) is 13.6. The SMILES string of the molecule is CC/C=C\C/C=C\C/C=C\C/C=C\C/C=C\C/C=C\CCC(=O)OC(COC(=O)CCCCCCCCCCCCCCCCCCCCCCCCCCCCCCCCC)COP(=O)(O)OCCN. The highest BCUT2D eigenvalue weighted by Gasteiger charge is 2.26. The fourth-order valence-corrected chi connectivity index (χ4v) is 9.08. The molecule has 0 aliphatic heterocycles. The molecular formula is C61H110NO8P. The molecule has 2 atom stereocenters. The van der Waals surface area contributed by atoms with Crippen molar-refractivity contribution in [2.75, 3.05) is 26.4 Å². The molecule has 0 saturated carbocycles. The van der Waals surface area contributed by atoms with Gasteiger partial charge in [-0.25, -0.2) is 4.57 Å². The number of hydrogen-bond acceptors (Lipinski definition) is 8. The van der Waals surface area contributed by atoms with Gasteiger partial charge in [-0.05, 0) is 51.4 Å². The van der Waals surface area contributed by atoms with Gasteiger partial charge in [0.2, 0.25) is 0 Å². The van der Waals surface area contributed by atoms with Crippen LogP contribution in [0.1, 0.15) is 271 Å². The molecule has 0 bridgehead atoms. The molecule has 0 aromatic heterocycles. The maximum Gasteiger partial charge on any atom is 0.472 e. The first-order valence-corrected chi connectivity index (χ1v) is 30.9. The van der Waals surface area contributed by atoms with Crippen LogP contribution in [0.15, 0.2) is 72.9 Å². The summed E-state index contributed by atoms with van der Waals surface area (Å²) in [6.45, 7) is 3.57. The Bertz CT molecular complexity index is 1390. The first-order valence-electron chi connectivity index (χ1n) is 29.4. The number of ether oxygens (including phenoxy) is 2. The minimum absolute atomic E-state index is 0.0399. The smallest absolute Gasteiger partial charge is 0.462 e. The number of allylic oxidation sites excluding steroid dienone is 12. The Kier molecular flexibility index (Phi) is 54.7. The number of phosphoric acid groups is 1. The maximum absolute atomic E-state index is 12.6. The molecule has 0 aliphatic carbocycles. The lowest BCUT2D eigenvalue weighted by Gasteiger charge is -2.19. The largest absolute Gasteiger partial charge is 0.472 e. The summed E-state index contributed by atoms with van der Waals surface area (Å²) in [6.07, 6.45) is 72.9. The number of hydrogen-bond donors (Lipinski definition) is 2. The van der Waals surface area contributed by atoms with Crippen molar-refractivity contribution in [3.05, 3.63) is 72.9 Å². The van der Waals surface area contributed by atoms with Gasteiger partial charge < -0.3 is 20.1 Å². The zero-order chi connectivity index (χ0) is 51.7. The Morgan fingerprint density at radius 2 is 0.775 bits per heavy atom. The highest BCUT2D eigenvalue weighted by molar-refractivity contribution is 7.47. The Morgan fingerprint density at radius 1 is 0.437 bits per heavy atom. The maximum atomic E-state index is 12.6. The standard InChI is InChI=1S/C61H110NO8P/c1-3-5-7-9-11-13-15-17-19-21-23-24-25-26-27-28-29-30-31-32-33-34-36-37-39-41-43-45-47-49-51-53-60(63)67-57-59(58-69-71(65,66)68-56-55-62)70-61(64)54-52-50-48-46-44-42-40-38-35-22-20-18-16-14-12-10-8-6-4-2/h6,8,12,14,18,20,35,38,42,44,48,50,59H,3-5,7,9-11,13,15-17,19,21-34,36-37,39-41,43,45-47,49,51-58,62H2,1-2H3,(H,65,66)/b8-6-,14-12-,20-18-,38-35-,44-42-,50-48-. The Labute approximate surface area is 437 Å². The van der Waals surface area contributed by atoms with Gasteiger partial charge in [0, 0.05) is 19.4 Å². The molecule has 2 unspecified atom stereocenters. The van der Waals surface area contributed by atoms with Crippen molar-refractivity contribution in [2.45, 2.75) is 277 Å². The number of phosphoric ester groups is 1. The van der Waals surface area contributed by atoms with Crippen LogP contribution in [0.4, 0.5) is 0 Å². The van der Waals surface area contributed by atoms with E-state index in [-0.39, 0.29) is 32.6 Å². The van der Waals surface area contributed by atoms with E-state index < -0.39 is 32.5 Å². The third kappa shape index (κ3) is 56.6. The Balaban J connectivity index is 3.95. The zero-order valence-electron chi connectivity index (χ0n) is 45.9. The molecule has 0 aliphatic rings. The van der Waals surface area contributed by atoms with E-state index in [4.69, 9.17) is 24.3 Å². The van der Waals surface area contributed by atoms with Crippen molar-refractivity contribution in [1.29, 1.82) is 0 Å². The van der Waals surface area contributed by atoms with Crippen molar-refractivity contribution >= 4 is 19.8 Å². The molecule has 0 amide bonds. The molecular weight excluding hydrogens is 906 g/mol. The first kappa shape index (κ1) is 68.5. The van der Waals surface area contributed by atoms with Crippen LogP contribution in [-0.2, 0) is 32.7 Å². The van der Waals surface area contributed by atoms with E-state index in [0.29, 0.717) is 6.42 Å². The van der Waals surface area contributed by atoms with Gasteiger partial charge in [-0.2, -0.15) is 0 Å². The van der Waals surface area contributed by atoms with Gasteiger partial charge >= 0.3 is 19.8 Å². The third-order valence-electron chi connectivity index (χ3n) is 12.6. The minimum atomic E-state index is -4.41. The number of carbonyl (C=O) groups excluding carboxylic acids is 2. The number of nitrogens with two attached hydrogens (primary N) is 1. The zero-order valence-corrected chi connectivity index (χ0v) is 46.8. The number of unbranched alkanes of at least 4 members (excludes halogenated alkanes) is 30. The summed E-state index contributed by atoms with van der Waals surface area (Å²) >= 11 is 0. The van der Waals surface area contributed by atoms with Crippen LogP contribution in [0.2, 0.25) is 0 Å². The second-order valence-corrected chi connectivity index (χ2v) is 20.9. The van der Waals surface area contributed by atoms with Gasteiger partial charge in [0.15, 0.2) is 6.10 Å². The van der Waals surface area contributed by atoms with Crippen LogP contribution in [0.3, 0.4) is 0 Å². The average molecular weight is 1020 g/mol. The van der Waals surface area contributed by atoms with E-state index in [9.17, 15) is 19.0 Å². The highest BCUT2D eigenvalue weighted by atomic mass is 31.2. The summed E-state index contributed by atoms with van der Waals surface area (Å²) in [6, 6.07) is 0. The molecule has 0 radical (unpaired) electrons. The van der Waals surface area contributed by atoms with Crippen LogP contribution < -0.4 is 5.73 Å². The van der Waals surface area contributed by atoms with E-state index in [1.54, 1.807) is 0 Å². The fourth-order valence-electron chi connectivity index (χ4n) is 8.31. The molecule has 0 spiro atoms. The van der Waals surface area contributed by atoms with Gasteiger partial charge in [-0.3, -0.25) is 18.6 Å². The lowest BCUT2D eigenvalue weighted by Crippen LogP contribution is -2.29. The lowest BCUT2D eigenvalue weighted by atomic mass is 10.0. The summed E-state index contributed by atoms with van der Waals surface area (Å²) in [5, 5.41) is 0. The summed E-state index contributed by atoms with van der Waals surface area (Å²) in [4.78, 5) is 35.1. The fraction of sp³-hybridized carbons (Fsp3) is 0.770. The quantitative estimate of drug-likeness (QED) is 0.0264. The van der Waals surface area contributed by atoms with Crippen molar-refractivity contribution in [3.63, 3.8) is 0 Å². The molecule has 0 saturated heterocycles. The molecule has 71 heavy (non-hydrogen) atoms. The van der Waals surface area contributed by atoms with Crippen molar-refractivity contribution in [2.24, 2.45) is 5.73 Å². The minimum Gasteiger partial charge on any atom is -0.462 e. The summed E-state index contributed by atoms with van der Waals surface area (Å²) in [7, 11) is -4.41. The lowest BCUT2D eigenvalue weighted by molar-refractivity contribution is -0.161. The topological polar surface area (TPSA) is 134 Å². The molecule has 0 aromatic carbocycles. The average Bonchev–Trinajstić information content (AvgIpc) is 3.36. The monoisotopic (exact) mass is 1020 g/mol. The molecule has 0 heterocycles. The molecule has 10 heteroatoms. The summed E-state index contributed by atoms with van der Waals surface area (Å²) in [5.41, 5.74) is 5.37. The van der Waals surface area contributed by atoms with Gasteiger partial charge in [0.25, 0.3) is 0 Å². The van der Waals surface area contributed by atoms with E-state index in [2.05, 4.69) is 74.6 Å². The van der Waals surface area contributed by atoms with Crippen LogP contribution >= 0.6 is 7.82 Å². The van der Waals surface area contributed by atoms with Crippen LogP contribution in [0, 0.1) is 0 Å². The number of esters is 2. The second-order valence-electron chi connectivity index (χ2n) is 19.5. The first-order chi connectivity index (χ1) is 34.8. The Hall–Kier alpha value is -2.55. The molecule has 9 nitrogen and oxygen atoms in total. The molecule has 3 N–H and O–H groups in total. The summed E-state index contributed by atoms with van der Waals surface area (Å²) < 4.78 is 32.9. The van der Waals surface area contributed by atoms with Crippen molar-refractivity contribution < 1.29 is 37.6 Å². The van der Waals surface area contributed by atoms with E-state index >= 15 is 0 Å². The second kappa shape index (κ2) is 56.7. The highest BCUT2D eigenvalue weighted by Crippen LogP contribution is 2.43. The molecule has 0 fully saturated rings. The molecule has 0 aromatic rings. The van der Waals surface area contributed by atoms with E-state index in [0.717, 1.165) is 57.8 Å². The van der Waals surface area contributed by atoms with Crippen molar-refractivity contribution in [1.82, 2.24) is 0 Å². The number of rotatable bonds is 55. The Morgan fingerprint density at radius 3 is 1.13 bits per heavy atom. The van der Waals surface area contributed by atoms with Crippen LogP contribution in [0.25, 0.3) is 0 Å². The predicted molar refractivity (Wildman–Crippen MR) is 302 cm³/mol. The molecule has 412 valence electrons. The number of carbonyl (C=O) groups is 2. The van der Waals surface area contributed by atoms with E-state index in [1.807, 2.05) is 12.2 Å². The van der Waals surface area contributed by atoms with Crippen LogP contribution in [-0.4, -0.2) is 49.3 Å².